The zero-order chi connectivity index (χ0) is 8.39. The van der Waals surface area contributed by atoms with Crippen LogP contribution in [0.3, 0.4) is 0 Å². The van der Waals surface area contributed by atoms with Crippen molar-refractivity contribution in [2.45, 2.75) is 18.6 Å². The van der Waals surface area contributed by atoms with Crippen LogP contribution in [0, 0.1) is 0 Å². The minimum atomic E-state index is -0.648. The third-order valence-corrected chi connectivity index (χ3v) is 2.31. The second-order valence-electron chi connectivity index (χ2n) is 3.22. The lowest BCUT2D eigenvalue weighted by Gasteiger charge is -2.32. The molecule has 1 heterocycles. The van der Waals surface area contributed by atoms with Crippen molar-refractivity contribution in [1.82, 2.24) is 5.32 Å². The van der Waals surface area contributed by atoms with Crippen molar-refractivity contribution < 1.29 is 4.39 Å². The van der Waals surface area contributed by atoms with Gasteiger partial charge in [0, 0.05) is 12.6 Å². The Hall–Kier alpha value is -0.890. The zero-order valence-corrected chi connectivity index (χ0v) is 6.83. The molecule has 64 valence electrons. The molecule has 0 aromatic heterocycles. The lowest BCUT2D eigenvalue weighted by molar-refractivity contribution is 0.158. The van der Waals surface area contributed by atoms with E-state index in [0.29, 0.717) is 6.54 Å². The molecule has 1 aliphatic rings. The predicted octanol–water partition coefficient (Wildman–Crippen LogP) is 1.54. The maximum absolute atomic E-state index is 12.8. The number of nitrogens with one attached hydrogen (secondary N) is 1. The molecule has 1 unspecified atom stereocenters. The molecule has 0 aliphatic carbocycles. The number of rotatable bonds is 2. The highest BCUT2D eigenvalue weighted by Crippen LogP contribution is 2.13. The summed E-state index contributed by atoms with van der Waals surface area (Å²) in [7, 11) is 0. The van der Waals surface area contributed by atoms with E-state index in [9.17, 15) is 4.39 Å². The van der Waals surface area contributed by atoms with Gasteiger partial charge in [-0.15, -0.1) is 0 Å². The summed E-state index contributed by atoms with van der Waals surface area (Å²) in [6.07, 6.45) is 0.160. The van der Waals surface area contributed by atoms with Crippen molar-refractivity contribution in [2.75, 3.05) is 6.54 Å². The van der Waals surface area contributed by atoms with Gasteiger partial charge >= 0.3 is 0 Å². The first-order valence-corrected chi connectivity index (χ1v) is 4.27. The second kappa shape index (κ2) is 3.23. The molecule has 12 heavy (non-hydrogen) atoms. The van der Waals surface area contributed by atoms with E-state index in [-0.39, 0.29) is 6.04 Å². The molecule has 1 N–H and O–H groups in total. The van der Waals surface area contributed by atoms with Crippen LogP contribution in [-0.4, -0.2) is 18.8 Å². The van der Waals surface area contributed by atoms with Gasteiger partial charge in [-0.25, -0.2) is 4.39 Å². The van der Waals surface area contributed by atoms with Gasteiger partial charge in [-0.05, 0) is 12.0 Å². The molecule has 1 aromatic carbocycles. The molecule has 1 fully saturated rings. The van der Waals surface area contributed by atoms with Crippen LogP contribution in [0.2, 0.25) is 0 Å². The molecule has 1 saturated heterocycles. The van der Waals surface area contributed by atoms with Crippen molar-refractivity contribution in [3.05, 3.63) is 35.9 Å². The highest BCUT2D eigenvalue weighted by atomic mass is 19.1. The number of benzene rings is 1. The Balaban J connectivity index is 1.95. The molecule has 0 radical (unpaired) electrons. The van der Waals surface area contributed by atoms with E-state index >= 15 is 0 Å². The summed E-state index contributed by atoms with van der Waals surface area (Å²) in [6.45, 7) is 0.525. The van der Waals surface area contributed by atoms with Crippen LogP contribution in [-0.2, 0) is 6.42 Å². The van der Waals surface area contributed by atoms with Crippen LogP contribution in [0.1, 0.15) is 5.56 Å². The topological polar surface area (TPSA) is 12.0 Å². The number of halogens is 1. The summed E-state index contributed by atoms with van der Waals surface area (Å²) in [4.78, 5) is 0. The van der Waals surface area contributed by atoms with Crippen LogP contribution >= 0.6 is 0 Å². The Morgan fingerprint density at radius 2 is 2.08 bits per heavy atom. The minimum absolute atomic E-state index is 0.0485. The number of hydrogen-bond acceptors (Lipinski definition) is 1. The van der Waals surface area contributed by atoms with Gasteiger partial charge in [0.15, 0.2) is 0 Å². The summed E-state index contributed by atoms with van der Waals surface area (Å²) in [5, 5.41) is 3.07. The standard InChI is InChI=1S/C10H12FN/c11-9-7-12-10(9)6-8-4-2-1-3-5-8/h1-5,9-10,12H,6-7H2/t9?,10-/m1/s1. The Morgan fingerprint density at radius 1 is 1.33 bits per heavy atom. The van der Waals surface area contributed by atoms with Gasteiger partial charge in [-0.1, -0.05) is 30.3 Å². The Kier molecular flexibility index (Phi) is 2.09. The molecule has 0 amide bonds. The van der Waals surface area contributed by atoms with E-state index in [1.165, 1.54) is 5.56 Å². The van der Waals surface area contributed by atoms with Crippen molar-refractivity contribution >= 4 is 0 Å². The lowest BCUT2D eigenvalue weighted by Crippen LogP contribution is -2.55. The molecular formula is C10H12FN. The van der Waals surface area contributed by atoms with Gasteiger partial charge in [0.1, 0.15) is 6.17 Å². The highest BCUT2D eigenvalue weighted by molar-refractivity contribution is 5.17. The highest BCUT2D eigenvalue weighted by Gasteiger charge is 2.29. The quantitative estimate of drug-likeness (QED) is 0.701. The number of alkyl halides is 1. The Labute approximate surface area is 71.6 Å². The summed E-state index contributed by atoms with van der Waals surface area (Å²) in [5.41, 5.74) is 1.21. The fourth-order valence-corrected chi connectivity index (χ4v) is 1.44. The van der Waals surface area contributed by atoms with Gasteiger partial charge in [0.25, 0.3) is 0 Å². The van der Waals surface area contributed by atoms with Crippen LogP contribution < -0.4 is 5.32 Å². The van der Waals surface area contributed by atoms with Gasteiger partial charge in [-0.3, -0.25) is 0 Å². The third-order valence-electron chi connectivity index (χ3n) is 2.31. The van der Waals surface area contributed by atoms with Crippen LogP contribution in [0.25, 0.3) is 0 Å². The van der Waals surface area contributed by atoms with E-state index in [4.69, 9.17) is 0 Å². The second-order valence-corrected chi connectivity index (χ2v) is 3.22. The average molecular weight is 165 g/mol. The van der Waals surface area contributed by atoms with Crippen molar-refractivity contribution in [2.24, 2.45) is 0 Å². The maximum Gasteiger partial charge on any atom is 0.128 e. The largest absolute Gasteiger partial charge is 0.308 e. The van der Waals surface area contributed by atoms with Crippen LogP contribution in [0.4, 0.5) is 4.39 Å². The molecule has 0 bridgehead atoms. The molecule has 2 atom stereocenters. The van der Waals surface area contributed by atoms with Gasteiger partial charge < -0.3 is 5.32 Å². The Bertz CT molecular complexity index is 247. The minimum Gasteiger partial charge on any atom is -0.308 e. The molecule has 1 aromatic rings. The lowest BCUT2D eigenvalue weighted by atomic mass is 9.97. The first-order valence-electron chi connectivity index (χ1n) is 4.27. The first-order chi connectivity index (χ1) is 5.86. The first kappa shape index (κ1) is 7.74. The molecule has 2 heteroatoms. The molecule has 0 saturated carbocycles. The summed E-state index contributed by atoms with van der Waals surface area (Å²) >= 11 is 0. The molecular weight excluding hydrogens is 153 g/mol. The van der Waals surface area contributed by atoms with Crippen LogP contribution in [0.5, 0.6) is 0 Å². The number of hydrogen-bond donors (Lipinski definition) is 1. The van der Waals surface area contributed by atoms with Gasteiger partial charge in [0.2, 0.25) is 0 Å². The van der Waals surface area contributed by atoms with E-state index in [2.05, 4.69) is 5.32 Å². The van der Waals surface area contributed by atoms with E-state index in [1.54, 1.807) is 0 Å². The normalized spacial score (nSPS) is 28.1. The SMILES string of the molecule is FC1CN[C@@H]1Cc1ccccc1. The van der Waals surface area contributed by atoms with Crippen molar-refractivity contribution in [3.63, 3.8) is 0 Å². The van der Waals surface area contributed by atoms with E-state index in [1.807, 2.05) is 30.3 Å². The van der Waals surface area contributed by atoms with Gasteiger partial charge in [0.05, 0.1) is 0 Å². The zero-order valence-electron chi connectivity index (χ0n) is 6.83. The van der Waals surface area contributed by atoms with Crippen molar-refractivity contribution in [1.29, 1.82) is 0 Å². The monoisotopic (exact) mass is 165 g/mol. The summed E-state index contributed by atoms with van der Waals surface area (Å²) in [5.74, 6) is 0. The molecule has 0 spiro atoms. The summed E-state index contributed by atoms with van der Waals surface area (Å²) < 4.78 is 12.8. The molecule has 1 aliphatic heterocycles. The Morgan fingerprint density at radius 3 is 2.58 bits per heavy atom. The summed E-state index contributed by atoms with van der Waals surface area (Å²) in [6, 6.07) is 10.1. The van der Waals surface area contributed by atoms with Crippen molar-refractivity contribution in [3.8, 4) is 0 Å². The van der Waals surface area contributed by atoms with Gasteiger partial charge in [-0.2, -0.15) is 0 Å². The van der Waals surface area contributed by atoms with E-state index in [0.717, 1.165) is 6.42 Å². The fourth-order valence-electron chi connectivity index (χ4n) is 1.44. The molecule has 2 rings (SSSR count). The van der Waals surface area contributed by atoms with Crippen LogP contribution in [0.15, 0.2) is 30.3 Å². The maximum atomic E-state index is 12.8. The third kappa shape index (κ3) is 1.48. The fraction of sp³-hybridized carbons (Fsp3) is 0.400. The average Bonchev–Trinajstić information content (AvgIpc) is 2.14. The molecule has 1 nitrogen and oxygen atoms in total. The predicted molar refractivity (Wildman–Crippen MR) is 46.8 cm³/mol. The van der Waals surface area contributed by atoms with E-state index < -0.39 is 6.17 Å². The smallest absolute Gasteiger partial charge is 0.128 e.